The number of aromatic nitrogens is 1. The van der Waals surface area contributed by atoms with Gasteiger partial charge in [-0.3, -0.25) is 9.78 Å². The van der Waals surface area contributed by atoms with Crippen LogP contribution in [0.4, 0.5) is 0 Å². The summed E-state index contributed by atoms with van der Waals surface area (Å²) in [5.41, 5.74) is 2.11. The Kier molecular flexibility index (Phi) is 4.88. The van der Waals surface area contributed by atoms with Crippen molar-refractivity contribution < 1.29 is 4.79 Å². The van der Waals surface area contributed by atoms with Crippen LogP contribution >= 0.6 is 0 Å². The summed E-state index contributed by atoms with van der Waals surface area (Å²) < 4.78 is 0. The predicted molar refractivity (Wildman–Crippen MR) is 80.4 cm³/mol. The lowest BCUT2D eigenvalue weighted by Crippen LogP contribution is -2.35. The van der Waals surface area contributed by atoms with Crippen molar-refractivity contribution in [2.75, 3.05) is 0 Å². The Morgan fingerprint density at radius 2 is 1.90 bits per heavy atom. The summed E-state index contributed by atoms with van der Waals surface area (Å²) >= 11 is 0. The summed E-state index contributed by atoms with van der Waals surface area (Å²) in [6, 6.07) is 13.9. The smallest absolute Gasteiger partial charge is 0.228 e. The average molecular weight is 268 g/mol. The molecule has 0 spiro atoms. The van der Waals surface area contributed by atoms with Gasteiger partial charge in [0.15, 0.2) is 0 Å². The maximum atomic E-state index is 12.4. The highest BCUT2D eigenvalue weighted by Gasteiger charge is 2.21. The first-order valence-electron chi connectivity index (χ1n) is 6.91. The summed E-state index contributed by atoms with van der Waals surface area (Å²) in [6.45, 7) is 3.95. The minimum Gasteiger partial charge on any atom is -0.353 e. The maximum absolute atomic E-state index is 12.4. The van der Waals surface area contributed by atoms with E-state index < -0.39 is 0 Å². The number of pyridine rings is 1. The molecule has 1 unspecified atom stereocenters. The molecule has 2 aromatic rings. The minimum absolute atomic E-state index is 0.0649. The highest BCUT2D eigenvalue weighted by molar-refractivity contribution is 5.84. The van der Waals surface area contributed by atoms with Crippen molar-refractivity contribution in [1.82, 2.24) is 10.3 Å². The van der Waals surface area contributed by atoms with Gasteiger partial charge in [-0.1, -0.05) is 36.4 Å². The van der Waals surface area contributed by atoms with E-state index >= 15 is 0 Å². The fourth-order valence-corrected chi connectivity index (χ4v) is 2.19. The Labute approximate surface area is 120 Å². The lowest BCUT2D eigenvalue weighted by Gasteiger charge is -2.19. The third-order valence-corrected chi connectivity index (χ3v) is 3.11. The van der Waals surface area contributed by atoms with Crippen molar-refractivity contribution in [3.05, 3.63) is 66.0 Å². The topological polar surface area (TPSA) is 42.0 Å². The molecule has 2 rings (SSSR count). The third-order valence-electron chi connectivity index (χ3n) is 3.11. The number of nitrogens with zero attached hydrogens (tertiary/aromatic N) is 1. The molecule has 1 N–H and O–H groups in total. The van der Waals surface area contributed by atoms with Crippen LogP contribution in [-0.4, -0.2) is 16.9 Å². The molecule has 0 bridgehead atoms. The van der Waals surface area contributed by atoms with Gasteiger partial charge in [0.25, 0.3) is 0 Å². The van der Waals surface area contributed by atoms with Crippen LogP contribution in [0.2, 0.25) is 0 Å². The average Bonchev–Trinajstić information content (AvgIpc) is 2.46. The van der Waals surface area contributed by atoms with Crippen LogP contribution < -0.4 is 5.32 Å². The Bertz CT molecular complexity index is 537. The maximum Gasteiger partial charge on any atom is 0.228 e. The van der Waals surface area contributed by atoms with Crippen LogP contribution in [0, 0.1) is 0 Å². The number of benzene rings is 1. The first-order valence-corrected chi connectivity index (χ1v) is 6.91. The fourth-order valence-electron chi connectivity index (χ4n) is 2.19. The van der Waals surface area contributed by atoms with Gasteiger partial charge in [-0.25, -0.2) is 0 Å². The largest absolute Gasteiger partial charge is 0.353 e. The number of amides is 1. The van der Waals surface area contributed by atoms with Crippen LogP contribution in [-0.2, 0) is 11.2 Å². The molecule has 0 radical (unpaired) electrons. The van der Waals surface area contributed by atoms with Crippen LogP contribution in [0.15, 0.2) is 54.9 Å². The van der Waals surface area contributed by atoms with Crippen LogP contribution in [0.5, 0.6) is 0 Å². The molecular formula is C17H20N2O. The zero-order valence-corrected chi connectivity index (χ0v) is 11.9. The number of hydrogen-bond donors (Lipinski definition) is 1. The molecule has 0 fully saturated rings. The third kappa shape index (κ3) is 3.92. The fraction of sp³-hybridized carbons (Fsp3) is 0.294. The highest BCUT2D eigenvalue weighted by Crippen LogP contribution is 2.21. The zero-order chi connectivity index (χ0) is 14.4. The van der Waals surface area contributed by atoms with E-state index in [1.807, 2.05) is 62.5 Å². The monoisotopic (exact) mass is 268 g/mol. The normalized spacial score (nSPS) is 12.2. The molecule has 3 heteroatoms. The van der Waals surface area contributed by atoms with Crippen LogP contribution in [0.25, 0.3) is 0 Å². The lowest BCUT2D eigenvalue weighted by molar-refractivity contribution is -0.123. The van der Waals surface area contributed by atoms with Gasteiger partial charge in [-0.2, -0.15) is 0 Å². The molecule has 0 saturated carbocycles. The number of hydrogen-bond acceptors (Lipinski definition) is 2. The van der Waals surface area contributed by atoms with Gasteiger partial charge in [0.2, 0.25) is 5.91 Å². The lowest BCUT2D eigenvalue weighted by atomic mass is 9.91. The second kappa shape index (κ2) is 6.85. The molecule has 0 saturated heterocycles. The number of carbonyl (C=O) groups excluding carboxylic acids is 1. The number of rotatable bonds is 5. The van der Waals surface area contributed by atoms with Crippen LogP contribution in [0.3, 0.4) is 0 Å². The highest BCUT2D eigenvalue weighted by atomic mass is 16.1. The standard InChI is InChI=1S/C17H20N2O/c1-13(2)19-17(20)16(15-8-4-3-5-9-15)11-14-7-6-10-18-12-14/h3-10,12-13,16H,11H2,1-2H3,(H,19,20). The van der Waals surface area contributed by atoms with Gasteiger partial charge in [0.05, 0.1) is 5.92 Å². The Hall–Kier alpha value is -2.16. The molecule has 0 aliphatic carbocycles. The second-order valence-corrected chi connectivity index (χ2v) is 5.19. The Morgan fingerprint density at radius 3 is 2.50 bits per heavy atom. The molecule has 104 valence electrons. The SMILES string of the molecule is CC(C)NC(=O)C(Cc1cccnc1)c1ccccc1. The molecule has 1 aromatic carbocycles. The predicted octanol–water partition coefficient (Wildman–Crippen LogP) is 2.93. The quantitative estimate of drug-likeness (QED) is 0.906. The number of nitrogens with one attached hydrogen (secondary N) is 1. The van der Waals surface area contributed by atoms with Gasteiger partial charge in [0.1, 0.15) is 0 Å². The van der Waals surface area contributed by atoms with Crippen molar-refractivity contribution in [1.29, 1.82) is 0 Å². The summed E-state index contributed by atoms with van der Waals surface area (Å²) in [5, 5.41) is 3.00. The molecule has 0 aliphatic heterocycles. The molecular weight excluding hydrogens is 248 g/mol. The Morgan fingerprint density at radius 1 is 1.15 bits per heavy atom. The summed E-state index contributed by atoms with van der Waals surface area (Å²) in [5.74, 6) is -0.113. The summed E-state index contributed by atoms with van der Waals surface area (Å²) in [7, 11) is 0. The van der Waals surface area contributed by atoms with Gasteiger partial charge in [-0.05, 0) is 37.5 Å². The second-order valence-electron chi connectivity index (χ2n) is 5.19. The molecule has 1 atom stereocenters. The van der Waals surface area contributed by atoms with Gasteiger partial charge < -0.3 is 5.32 Å². The van der Waals surface area contributed by atoms with E-state index in [4.69, 9.17) is 0 Å². The molecule has 1 amide bonds. The Balaban J connectivity index is 2.23. The van der Waals surface area contributed by atoms with E-state index in [2.05, 4.69) is 10.3 Å². The van der Waals surface area contributed by atoms with Crippen LogP contribution in [0.1, 0.15) is 30.9 Å². The summed E-state index contributed by atoms with van der Waals surface area (Å²) in [4.78, 5) is 16.5. The molecule has 1 aromatic heterocycles. The molecule has 3 nitrogen and oxygen atoms in total. The van der Waals surface area contributed by atoms with Gasteiger partial charge >= 0.3 is 0 Å². The molecule has 0 aliphatic rings. The van der Waals surface area contributed by atoms with E-state index in [0.717, 1.165) is 11.1 Å². The molecule has 20 heavy (non-hydrogen) atoms. The van der Waals surface area contributed by atoms with Crippen molar-refractivity contribution in [3.8, 4) is 0 Å². The number of carbonyl (C=O) groups is 1. The van der Waals surface area contributed by atoms with E-state index in [0.29, 0.717) is 6.42 Å². The van der Waals surface area contributed by atoms with Crippen molar-refractivity contribution >= 4 is 5.91 Å². The van der Waals surface area contributed by atoms with Gasteiger partial charge in [0, 0.05) is 18.4 Å². The minimum atomic E-state index is -0.178. The first-order chi connectivity index (χ1) is 9.66. The summed E-state index contributed by atoms with van der Waals surface area (Å²) in [6.07, 6.45) is 4.23. The van der Waals surface area contributed by atoms with E-state index in [9.17, 15) is 4.79 Å². The van der Waals surface area contributed by atoms with Gasteiger partial charge in [-0.15, -0.1) is 0 Å². The van der Waals surface area contributed by atoms with E-state index in [1.165, 1.54) is 0 Å². The van der Waals surface area contributed by atoms with E-state index in [-0.39, 0.29) is 17.9 Å². The zero-order valence-electron chi connectivity index (χ0n) is 11.9. The van der Waals surface area contributed by atoms with Crippen molar-refractivity contribution in [2.45, 2.75) is 32.2 Å². The van der Waals surface area contributed by atoms with E-state index in [1.54, 1.807) is 6.20 Å². The van der Waals surface area contributed by atoms with Crippen molar-refractivity contribution in [3.63, 3.8) is 0 Å². The first kappa shape index (κ1) is 14.3. The molecule has 1 heterocycles. The van der Waals surface area contributed by atoms with Crippen molar-refractivity contribution in [2.24, 2.45) is 0 Å².